The van der Waals surface area contributed by atoms with Gasteiger partial charge in [0.2, 0.25) is 0 Å². The average molecular weight is 505 g/mol. The van der Waals surface area contributed by atoms with E-state index in [1.165, 1.54) is 17.0 Å². The van der Waals surface area contributed by atoms with Gasteiger partial charge in [0, 0.05) is 16.6 Å². The number of anilines is 1. The fraction of sp³-hybridized carbons (Fsp3) is 0.227. The zero-order chi connectivity index (χ0) is 21.4. The highest BCUT2D eigenvalue weighted by molar-refractivity contribution is 9.10. The Bertz CT molecular complexity index is 1090. The van der Waals surface area contributed by atoms with Crippen LogP contribution in [0.1, 0.15) is 30.9 Å². The van der Waals surface area contributed by atoms with Gasteiger partial charge in [-0.05, 0) is 42.3 Å². The number of carbonyl (C=O) groups is 2. The van der Waals surface area contributed by atoms with Crippen molar-refractivity contribution in [2.45, 2.75) is 26.3 Å². The van der Waals surface area contributed by atoms with Crippen molar-refractivity contribution in [3.05, 3.63) is 68.8 Å². The van der Waals surface area contributed by atoms with Gasteiger partial charge in [0.1, 0.15) is 10.1 Å². The minimum Gasteiger partial charge on any atom is -0.308 e. The fourth-order valence-electron chi connectivity index (χ4n) is 3.52. The number of hydrogen-bond donors (Lipinski definition) is 0. The smallest absolute Gasteiger partial charge is 0.267 e. The van der Waals surface area contributed by atoms with Gasteiger partial charge in [-0.15, -0.1) is 0 Å². The maximum Gasteiger partial charge on any atom is 0.267 e. The summed E-state index contributed by atoms with van der Waals surface area (Å²) in [6, 6.07) is 11.6. The summed E-state index contributed by atoms with van der Waals surface area (Å²) in [6.07, 6.45) is 1.84. The van der Waals surface area contributed by atoms with E-state index in [2.05, 4.69) is 22.9 Å². The number of amides is 2. The van der Waals surface area contributed by atoms with Crippen LogP contribution in [0.25, 0.3) is 5.57 Å². The molecule has 0 radical (unpaired) electrons. The minimum absolute atomic E-state index is 0.168. The van der Waals surface area contributed by atoms with Crippen molar-refractivity contribution in [1.82, 2.24) is 4.90 Å². The molecule has 2 aromatic rings. The number of halogens is 2. The van der Waals surface area contributed by atoms with Crippen LogP contribution in [-0.4, -0.2) is 27.6 Å². The molecule has 0 atom stereocenters. The van der Waals surface area contributed by atoms with Crippen LogP contribution < -0.4 is 4.90 Å². The Hall–Kier alpha value is -2.03. The third-order valence-corrected chi connectivity index (χ3v) is 6.98. The third-order valence-electron chi connectivity index (χ3n) is 5.04. The predicted octanol–water partition coefficient (Wildman–Crippen LogP) is 5.51. The molecule has 8 heteroatoms. The molecule has 2 heterocycles. The first kappa shape index (κ1) is 21.2. The number of unbranched alkanes of at least 4 members (excludes halogenated alkanes) is 1. The number of fused-ring (bicyclic) bond motifs is 1. The number of carbonyl (C=O) groups excluding carboxylic acids is 2. The molecule has 154 valence electrons. The number of nitrogens with zero attached hydrogens (tertiary/aromatic N) is 2. The molecular formula is C22H18BrFN2O2S2. The number of benzene rings is 2. The van der Waals surface area contributed by atoms with Crippen molar-refractivity contribution in [2.24, 2.45) is 0 Å². The van der Waals surface area contributed by atoms with Crippen molar-refractivity contribution in [3.8, 4) is 0 Å². The van der Waals surface area contributed by atoms with E-state index in [-0.39, 0.29) is 24.2 Å². The lowest BCUT2D eigenvalue weighted by Crippen LogP contribution is -2.29. The van der Waals surface area contributed by atoms with Crippen LogP contribution >= 0.6 is 39.9 Å². The van der Waals surface area contributed by atoms with Crippen LogP contribution in [-0.2, 0) is 16.1 Å². The highest BCUT2D eigenvalue weighted by Gasteiger charge is 2.41. The van der Waals surface area contributed by atoms with E-state index in [0.717, 1.165) is 45.9 Å². The summed E-state index contributed by atoms with van der Waals surface area (Å²) in [6.45, 7) is 2.91. The molecule has 1 saturated heterocycles. The number of thioether (sulfide) groups is 1. The highest BCUT2D eigenvalue weighted by atomic mass is 79.9. The molecule has 0 bridgehead atoms. The largest absolute Gasteiger partial charge is 0.308 e. The Morgan fingerprint density at radius 2 is 1.80 bits per heavy atom. The Morgan fingerprint density at radius 3 is 2.50 bits per heavy atom. The Labute approximate surface area is 192 Å². The zero-order valence-corrected chi connectivity index (χ0v) is 19.4. The van der Waals surface area contributed by atoms with E-state index < -0.39 is 0 Å². The molecule has 0 unspecified atom stereocenters. The minimum atomic E-state index is -0.336. The summed E-state index contributed by atoms with van der Waals surface area (Å²) >= 11 is 10.1. The number of rotatable bonds is 5. The fourth-order valence-corrected chi connectivity index (χ4v) is 5.21. The molecule has 2 aliphatic heterocycles. The van der Waals surface area contributed by atoms with E-state index >= 15 is 0 Å². The molecule has 0 aromatic heterocycles. The Balaban J connectivity index is 1.72. The molecule has 0 spiro atoms. The summed E-state index contributed by atoms with van der Waals surface area (Å²) in [7, 11) is 0. The van der Waals surface area contributed by atoms with Gasteiger partial charge in [0.25, 0.3) is 11.8 Å². The summed E-state index contributed by atoms with van der Waals surface area (Å²) in [5.41, 5.74) is 2.73. The summed E-state index contributed by atoms with van der Waals surface area (Å²) < 4.78 is 14.4. The standard InChI is InChI=1S/C22H18BrFN2O2S2/c1-2-3-10-25-17-9-6-14(23)11-16(17)18(20(25)27)19-21(28)26(22(29)30-19)12-13-4-7-15(24)8-5-13/h4-9,11H,2-3,10,12H2,1H3/b19-18-. The van der Waals surface area contributed by atoms with Crippen molar-refractivity contribution in [2.75, 3.05) is 11.4 Å². The van der Waals surface area contributed by atoms with Gasteiger partial charge < -0.3 is 4.90 Å². The third kappa shape index (κ3) is 3.84. The molecule has 0 saturated carbocycles. The summed E-state index contributed by atoms with van der Waals surface area (Å²) in [5.74, 6) is -0.795. The second-order valence-electron chi connectivity index (χ2n) is 7.06. The highest BCUT2D eigenvalue weighted by Crippen LogP contribution is 2.45. The molecule has 2 amide bonds. The van der Waals surface area contributed by atoms with Gasteiger partial charge in [-0.25, -0.2) is 4.39 Å². The molecule has 2 aliphatic rings. The molecule has 0 N–H and O–H groups in total. The predicted molar refractivity (Wildman–Crippen MR) is 125 cm³/mol. The van der Waals surface area contributed by atoms with Gasteiger partial charge in [0.05, 0.1) is 22.7 Å². The second kappa shape index (κ2) is 8.61. The maximum absolute atomic E-state index is 13.3. The Kier molecular flexibility index (Phi) is 6.09. The first-order valence-corrected chi connectivity index (χ1v) is 11.6. The molecule has 4 rings (SSSR count). The monoisotopic (exact) mass is 504 g/mol. The lowest BCUT2D eigenvalue weighted by molar-refractivity contribution is -0.122. The molecule has 4 nitrogen and oxygen atoms in total. The number of hydrogen-bond acceptors (Lipinski definition) is 4. The van der Waals surface area contributed by atoms with Gasteiger partial charge >= 0.3 is 0 Å². The van der Waals surface area contributed by atoms with Crippen LogP contribution in [0.15, 0.2) is 51.8 Å². The van der Waals surface area contributed by atoms with Gasteiger partial charge in [-0.1, -0.05) is 65.4 Å². The van der Waals surface area contributed by atoms with Crippen molar-refractivity contribution in [3.63, 3.8) is 0 Å². The quantitative estimate of drug-likeness (QED) is 0.397. The molecular weight excluding hydrogens is 487 g/mol. The van der Waals surface area contributed by atoms with Crippen LogP contribution in [0.2, 0.25) is 0 Å². The first-order valence-electron chi connectivity index (χ1n) is 9.55. The van der Waals surface area contributed by atoms with Gasteiger partial charge in [-0.2, -0.15) is 0 Å². The van der Waals surface area contributed by atoms with E-state index in [4.69, 9.17) is 12.2 Å². The van der Waals surface area contributed by atoms with Crippen molar-refractivity contribution >= 4 is 67.3 Å². The number of thiocarbonyl (C=S) groups is 1. The van der Waals surface area contributed by atoms with Gasteiger partial charge in [-0.3, -0.25) is 14.5 Å². The zero-order valence-electron chi connectivity index (χ0n) is 16.2. The molecule has 0 aliphatic carbocycles. The average Bonchev–Trinajstić information content (AvgIpc) is 3.14. The van der Waals surface area contributed by atoms with Crippen LogP contribution in [0.5, 0.6) is 0 Å². The SMILES string of the molecule is CCCCN1C(=O)/C(=C2\SC(=S)N(Cc3ccc(F)cc3)C2=O)c2cc(Br)ccc21. The van der Waals surface area contributed by atoms with E-state index in [1.807, 2.05) is 18.2 Å². The van der Waals surface area contributed by atoms with Crippen LogP contribution in [0.3, 0.4) is 0 Å². The second-order valence-corrected chi connectivity index (χ2v) is 9.62. The van der Waals surface area contributed by atoms with Gasteiger partial charge in [0.15, 0.2) is 0 Å². The van der Waals surface area contributed by atoms with Crippen LogP contribution in [0.4, 0.5) is 10.1 Å². The van der Waals surface area contributed by atoms with Crippen molar-refractivity contribution < 1.29 is 14.0 Å². The summed E-state index contributed by atoms with van der Waals surface area (Å²) in [4.78, 5) is 30.1. The van der Waals surface area contributed by atoms with E-state index in [1.54, 1.807) is 17.0 Å². The lowest BCUT2D eigenvalue weighted by Gasteiger charge is -2.16. The maximum atomic E-state index is 13.3. The molecule has 2 aromatic carbocycles. The molecule has 30 heavy (non-hydrogen) atoms. The van der Waals surface area contributed by atoms with E-state index in [0.29, 0.717) is 21.3 Å². The van der Waals surface area contributed by atoms with E-state index in [9.17, 15) is 14.0 Å². The lowest BCUT2D eigenvalue weighted by atomic mass is 10.1. The van der Waals surface area contributed by atoms with Crippen LogP contribution in [0, 0.1) is 5.82 Å². The first-order chi connectivity index (χ1) is 14.4. The molecule has 1 fully saturated rings. The Morgan fingerprint density at radius 1 is 1.07 bits per heavy atom. The normalized spacial score (nSPS) is 18.6. The topological polar surface area (TPSA) is 40.6 Å². The van der Waals surface area contributed by atoms with Crippen molar-refractivity contribution in [1.29, 1.82) is 0 Å². The summed E-state index contributed by atoms with van der Waals surface area (Å²) in [5, 5.41) is 0.